The molecule has 22 heavy (non-hydrogen) atoms. The minimum Gasteiger partial charge on any atom is -0.496 e. The number of nitrogens with one attached hydrogen (secondary N) is 1. The van der Waals surface area contributed by atoms with Crippen LogP contribution in [0.5, 0.6) is 5.75 Å². The summed E-state index contributed by atoms with van der Waals surface area (Å²) in [5.74, 6) is -1.34. The standard InChI is InChI=1S/C15H19FN2O4/c1-9(12-7-11(16)3-4-13(12)22-2)17-15(21)18-6-5-10(8-18)14(19)20/h3-4,7,9-10H,5-6,8H2,1-2H3,(H,17,21)(H,19,20). The van der Waals surface area contributed by atoms with Crippen LogP contribution >= 0.6 is 0 Å². The lowest BCUT2D eigenvalue weighted by Gasteiger charge is -2.22. The number of urea groups is 1. The molecule has 0 saturated carbocycles. The fourth-order valence-electron chi connectivity index (χ4n) is 2.54. The molecule has 0 aliphatic carbocycles. The van der Waals surface area contributed by atoms with Crippen LogP contribution < -0.4 is 10.1 Å². The zero-order chi connectivity index (χ0) is 16.3. The van der Waals surface area contributed by atoms with Gasteiger partial charge >= 0.3 is 12.0 Å². The molecule has 2 rings (SSSR count). The van der Waals surface area contributed by atoms with Crippen molar-refractivity contribution < 1.29 is 23.8 Å². The Labute approximate surface area is 127 Å². The van der Waals surface area contributed by atoms with Gasteiger partial charge in [0.25, 0.3) is 0 Å². The van der Waals surface area contributed by atoms with Gasteiger partial charge in [-0.3, -0.25) is 4.79 Å². The lowest BCUT2D eigenvalue weighted by atomic mass is 10.1. The van der Waals surface area contributed by atoms with Crippen LogP contribution in [0.2, 0.25) is 0 Å². The molecule has 0 radical (unpaired) electrons. The number of hydrogen-bond donors (Lipinski definition) is 2. The second-order valence-corrected chi connectivity index (χ2v) is 5.33. The molecule has 6 nitrogen and oxygen atoms in total. The summed E-state index contributed by atoms with van der Waals surface area (Å²) in [6, 6.07) is 3.29. The van der Waals surface area contributed by atoms with E-state index >= 15 is 0 Å². The maximum Gasteiger partial charge on any atom is 0.317 e. The van der Waals surface area contributed by atoms with Gasteiger partial charge in [0.15, 0.2) is 0 Å². The Morgan fingerprint density at radius 1 is 1.50 bits per heavy atom. The van der Waals surface area contributed by atoms with Gasteiger partial charge in [0, 0.05) is 18.7 Å². The normalized spacial score (nSPS) is 18.9. The Morgan fingerprint density at radius 3 is 2.82 bits per heavy atom. The Balaban J connectivity index is 2.03. The monoisotopic (exact) mass is 310 g/mol. The number of carbonyl (C=O) groups excluding carboxylic acids is 1. The van der Waals surface area contributed by atoms with E-state index in [-0.39, 0.29) is 12.6 Å². The summed E-state index contributed by atoms with van der Waals surface area (Å²) in [5.41, 5.74) is 0.532. The van der Waals surface area contributed by atoms with Crippen LogP contribution in [0.25, 0.3) is 0 Å². The maximum absolute atomic E-state index is 13.4. The van der Waals surface area contributed by atoms with E-state index in [0.717, 1.165) is 0 Å². The number of hydrogen-bond acceptors (Lipinski definition) is 3. The minimum atomic E-state index is -0.893. The number of nitrogens with zero attached hydrogens (tertiary/aromatic N) is 1. The van der Waals surface area contributed by atoms with Gasteiger partial charge in [-0.2, -0.15) is 0 Å². The van der Waals surface area contributed by atoms with E-state index in [1.54, 1.807) is 6.92 Å². The molecule has 2 amide bonds. The summed E-state index contributed by atoms with van der Waals surface area (Å²) in [6.07, 6.45) is 0.445. The van der Waals surface area contributed by atoms with E-state index in [1.807, 2.05) is 0 Å². The van der Waals surface area contributed by atoms with E-state index in [0.29, 0.717) is 24.3 Å². The third-order valence-electron chi connectivity index (χ3n) is 3.82. The van der Waals surface area contributed by atoms with Crippen molar-refractivity contribution in [3.05, 3.63) is 29.6 Å². The summed E-state index contributed by atoms with van der Waals surface area (Å²) in [5, 5.41) is 11.7. The van der Waals surface area contributed by atoms with E-state index in [9.17, 15) is 14.0 Å². The van der Waals surface area contributed by atoms with Gasteiger partial charge < -0.3 is 20.1 Å². The van der Waals surface area contributed by atoms with Crippen LogP contribution in [-0.4, -0.2) is 42.2 Å². The molecule has 7 heteroatoms. The number of carboxylic acid groups (broad SMARTS) is 1. The first kappa shape index (κ1) is 16.1. The van der Waals surface area contributed by atoms with Crippen molar-refractivity contribution in [1.29, 1.82) is 0 Å². The maximum atomic E-state index is 13.4. The molecule has 120 valence electrons. The molecule has 0 bridgehead atoms. The number of amides is 2. The number of methoxy groups -OCH3 is 1. The molecular weight excluding hydrogens is 291 g/mol. The van der Waals surface area contributed by atoms with E-state index in [4.69, 9.17) is 9.84 Å². The van der Waals surface area contributed by atoms with Crippen molar-refractivity contribution in [2.75, 3.05) is 20.2 Å². The molecule has 1 aromatic carbocycles. The number of rotatable bonds is 4. The van der Waals surface area contributed by atoms with Crippen molar-refractivity contribution in [2.45, 2.75) is 19.4 Å². The Kier molecular flexibility index (Phi) is 4.85. The number of aliphatic carboxylic acids is 1. The fourth-order valence-corrected chi connectivity index (χ4v) is 2.54. The van der Waals surface area contributed by atoms with Crippen LogP contribution in [0.15, 0.2) is 18.2 Å². The van der Waals surface area contributed by atoms with Crippen LogP contribution in [0.4, 0.5) is 9.18 Å². The number of ether oxygens (including phenoxy) is 1. The van der Waals surface area contributed by atoms with Gasteiger partial charge in [0.1, 0.15) is 11.6 Å². The van der Waals surface area contributed by atoms with Gasteiger partial charge in [-0.05, 0) is 31.5 Å². The zero-order valence-electron chi connectivity index (χ0n) is 12.5. The molecule has 2 unspecified atom stereocenters. The molecule has 2 N–H and O–H groups in total. The van der Waals surface area contributed by atoms with Gasteiger partial charge in [0.05, 0.1) is 19.1 Å². The predicted molar refractivity (Wildman–Crippen MR) is 77.2 cm³/mol. The third-order valence-corrected chi connectivity index (χ3v) is 3.82. The summed E-state index contributed by atoms with van der Waals surface area (Å²) >= 11 is 0. The average Bonchev–Trinajstić information content (AvgIpc) is 2.97. The summed E-state index contributed by atoms with van der Waals surface area (Å²) in [7, 11) is 1.48. The summed E-state index contributed by atoms with van der Waals surface area (Å²) < 4.78 is 18.5. The Morgan fingerprint density at radius 2 is 2.23 bits per heavy atom. The van der Waals surface area contributed by atoms with Gasteiger partial charge in [-0.25, -0.2) is 9.18 Å². The van der Waals surface area contributed by atoms with Gasteiger partial charge in [0.2, 0.25) is 0 Å². The number of halogens is 1. The highest BCUT2D eigenvalue weighted by Gasteiger charge is 2.31. The van der Waals surface area contributed by atoms with Crippen molar-refractivity contribution in [3.8, 4) is 5.75 Å². The third kappa shape index (κ3) is 3.47. The molecule has 1 heterocycles. The van der Waals surface area contributed by atoms with E-state index in [2.05, 4.69) is 5.32 Å². The van der Waals surface area contributed by atoms with Crippen molar-refractivity contribution in [1.82, 2.24) is 10.2 Å². The van der Waals surface area contributed by atoms with Crippen LogP contribution in [0, 0.1) is 11.7 Å². The molecule has 0 aromatic heterocycles. The minimum absolute atomic E-state index is 0.189. The SMILES string of the molecule is COc1ccc(F)cc1C(C)NC(=O)N1CCC(C(=O)O)C1. The largest absolute Gasteiger partial charge is 0.496 e. The first-order valence-corrected chi connectivity index (χ1v) is 7.04. The Bertz CT molecular complexity index is 579. The first-order valence-electron chi connectivity index (χ1n) is 7.04. The number of likely N-dealkylation sites (tertiary alicyclic amines) is 1. The number of carboxylic acids is 1. The quantitative estimate of drug-likeness (QED) is 0.891. The van der Waals surface area contributed by atoms with Crippen LogP contribution in [0.3, 0.4) is 0 Å². The first-order chi connectivity index (χ1) is 10.4. The highest BCUT2D eigenvalue weighted by molar-refractivity contribution is 5.77. The molecule has 1 aromatic rings. The molecule has 1 saturated heterocycles. The van der Waals surface area contributed by atoms with Crippen LogP contribution in [-0.2, 0) is 4.79 Å². The molecule has 1 fully saturated rings. The Hall–Kier alpha value is -2.31. The number of benzene rings is 1. The lowest BCUT2D eigenvalue weighted by Crippen LogP contribution is -2.40. The molecular formula is C15H19FN2O4. The summed E-state index contributed by atoms with van der Waals surface area (Å²) in [6.45, 7) is 2.31. The highest BCUT2D eigenvalue weighted by Crippen LogP contribution is 2.26. The fraction of sp³-hybridized carbons (Fsp3) is 0.467. The zero-order valence-corrected chi connectivity index (χ0v) is 12.5. The second-order valence-electron chi connectivity index (χ2n) is 5.33. The molecule has 0 spiro atoms. The highest BCUT2D eigenvalue weighted by atomic mass is 19.1. The van der Waals surface area contributed by atoms with Crippen molar-refractivity contribution >= 4 is 12.0 Å². The van der Waals surface area contributed by atoms with Gasteiger partial charge in [-0.15, -0.1) is 0 Å². The topological polar surface area (TPSA) is 78.9 Å². The van der Waals surface area contributed by atoms with Crippen molar-refractivity contribution in [3.63, 3.8) is 0 Å². The van der Waals surface area contributed by atoms with Crippen LogP contribution in [0.1, 0.15) is 24.9 Å². The second kappa shape index (κ2) is 6.64. The van der Waals surface area contributed by atoms with E-state index in [1.165, 1.54) is 30.2 Å². The summed E-state index contributed by atoms with van der Waals surface area (Å²) in [4.78, 5) is 24.5. The van der Waals surface area contributed by atoms with E-state index < -0.39 is 23.7 Å². The molecule has 1 aliphatic heterocycles. The molecule has 2 atom stereocenters. The average molecular weight is 310 g/mol. The smallest absolute Gasteiger partial charge is 0.317 e. The predicted octanol–water partition coefficient (Wildman–Crippen LogP) is 2.01. The van der Waals surface area contributed by atoms with Gasteiger partial charge in [-0.1, -0.05) is 0 Å². The number of carbonyl (C=O) groups is 2. The molecule has 1 aliphatic rings. The van der Waals surface area contributed by atoms with Crippen molar-refractivity contribution in [2.24, 2.45) is 5.92 Å². The lowest BCUT2D eigenvalue weighted by molar-refractivity contribution is -0.141.